The first-order valence-electron chi connectivity index (χ1n) is 4.73. The summed E-state index contributed by atoms with van der Waals surface area (Å²) in [5.41, 5.74) is 2.94. The summed E-state index contributed by atoms with van der Waals surface area (Å²) in [4.78, 5) is 0. The van der Waals surface area contributed by atoms with E-state index in [0.29, 0.717) is 0 Å². The normalized spacial score (nSPS) is 13.8. The van der Waals surface area contributed by atoms with E-state index in [9.17, 15) is 8.42 Å². The highest BCUT2D eigenvalue weighted by Crippen LogP contribution is 2.35. The van der Waals surface area contributed by atoms with Crippen LogP contribution in [0.25, 0.3) is 11.6 Å². The third kappa shape index (κ3) is 2.25. The van der Waals surface area contributed by atoms with Gasteiger partial charge in [-0.15, -0.1) is 0 Å². The van der Waals surface area contributed by atoms with E-state index in [1.165, 1.54) is 0 Å². The molecule has 0 saturated carbocycles. The highest BCUT2D eigenvalue weighted by atomic mass is 32.2. The predicted octanol–water partition coefficient (Wildman–Crippen LogP) is 1.53. The van der Waals surface area contributed by atoms with Crippen LogP contribution in [-0.4, -0.2) is 28.4 Å². The van der Waals surface area contributed by atoms with Crippen molar-refractivity contribution in [1.29, 1.82) is 0 Å². The van der Waals surface area contributed by atoms with Crippen LogP contribution in [0.2, 0.25) is 0 Å². The Balaban J connectivity index is 2.11. The number of fused-ring (bicyclic) bond motifs is 1. The Hall–Kier alpha value is -1.33. The fourth-order valence-corrected chi connectivity index (χ4v) is 1.89. The van der Waals surface area contributed by atoms with Gasteiger partial charge >= 0.3 is 0 Å². The molecule has 0 heterocycles. The number of hydrogen-bond donors (Lipinski definition) is 0. The van der Waals surface area contributed by atoms with Gasteiger partial charge in [0.25, 0.3) is 10.1 Å². The molecule has 0 saturated heterocycles. The van der Waals surface area contributed by atoms with Gasteiger partial charge < -0.3 is 4.74 Å². The minimum Gasteiger partial charge on any atom is -0.497 e. The quantitative estimate of drug-likeness (QED) is 0.749. The summed E-state index contributed by atoms with van der Waals surface area (Å²) in [5, 5.41) is 0. The monoisotopic (exact) mass is 240 g/mol. The highest BCUT2D eigenvalue weighted by Gasteiger charge is 2.18. The molecule has 5 heteroatoms. The molecule has 1 aromatic rings. The van der Waals surface area contributed by atoms with Crippen molar-refractivity contribution in [2.45, 2.75) is 0 Å². The third-order valence-corrected chi connectivity index (χ3v) is 2.91. The van der Waals surface area contributed by atoms with Crippen LogP contribution in [0.1, 0.15) is 11.1 Å². The Morgan fingerprint density at radius 3 is 2.69 bits per heavy atom. The fraction of sp³-hybridized carbons (Fsp3) is 0.273. The van der Waals surface area contributed by atoms with Crippen molar-refractivity contribution in [3.63, 3.8) is 0 Å². The zero-order valence-corrected chi connectivity index (χ0v) is 9.87. The largest absolute Gasteiger partial charge is 0.497 e. The van der Waals surface area contributed by atoms with Crippen LogP contribution in [0, 0.1) is 0 Å². The lowest BCUT2D eigenvalue weighted by Crippen LogP contribution is -2.10. The SMILES string of the molecule is COc1ccc2c(c1)C(COS(C)(=O)=O)=C2. The summed E-state index contributed by atoms with van der Waals surface area (Å²) in [7, 11) is -1.79. The van der Waals surface area contributed by atoms with Crippen LogP contribution in [0.15, 0.2) is 18.2 Å². The van der Waals surface area contributed by atoms with E-state index in [4.69, 9.17) is 8.92 Å². The lowest BCUT2D eigenvalue weighted by molar-refractivity contribution is 0.367. The fourth-order valence-electron chi connectivity index (χ4n) is 1.54. The number of hydrogen-bond acceptors (Lipinski definition) is 4. The van der Waals surface area contributed by atoms with Gasteiger partial charge in [-0.05, 0) is 34.9 Å². The van der Waals surface area contributed by atoms with Gasteiger partial charge in [0.05, 0.1) is 20.0 Å². The number of benzene rings is 1. The molecule has 1 aliphatic rings. The Morgan fingerprint density at radius 2 is 2.06 bits per heavy atom. The van der Waals surface area contributed by atoms with Gasteiger partial charge in [0, 0.05) is 0 Å². The first-order valence-corrected chi connectivity index (χ1v) is 6.54. The van der Waals surface area contributed by atoms with E-state index in [1.54, 1.807) is 7.11 Å². The molecular formula is C11H12O4S. The smallest absolute Gasteiger partial charge is 0.264 e. The molecule has 0 radical (unpaired) electrons. The first kappa shape index (κ1) is 11.2. The molecule has 86 valence electrons. The van der Waals surface area contributed by atoms with E-state index in [1.807, 2.05) is 24.3 Å². The van der Waals surface area contributed by atoms with E-state index in [0.717, 1.165) is 28.7 Å². The van der Waals surface area contributed by atoms with Gasteiger partial charge in [-0.1, -0.05) is 6.07 Å². The minimum absolute atomic E-state index is 0.0823. The molecule has 0 aliphatic heterocycles. The van der Waals surface area contributed by atoms with Crippen molar-refractivity contribution in [3.8, 4) is 5.75 Å². The number of ether oxygens (including phenoxy) is 1. The van der Waals surface area contributed by atoms with Crippen LogP contribution < -0.4 is 4.74 Å². The zero-order valence-electron chi connectivity index (χ0n) is 9.06. The second kappa shape index (κ2) is 3.92. The molecule has 0 aromatic heterocycles. The average molecular weight is 240 g/mol. The zero-order chi connectivity index (χ0) is 11.8. The van der Waals surface area contributed by atoms with Crippen molar-refractivity contribution in [2.75, 3.05) is 20.0 Å². The van der Waals surface area contributed by atoms with Crippen molar-refractivity contribution in [1.82, 2.24) is 0 Å². The second-order valence-electron chi connectivity index (χ2n) is 3.59. The molecule has 4 nitrogen and oxygen atoms in total. The summed E-state index contributed by atoms with van der Waals surface area (Å²) >= 11 is 0. The first-order chi connectivity index (χ1) is 7.49. The summed E-state index contributed by atoms with van der Waals surface area (Å²) < 4.78 is 31.5. The maximum atomic E-state index is 10.8. The van der Waals surface area contributed by atoms with Crippen molar-refractivity contribution in [2.24, 2.45) is 0 Å². The molecule has 0 fully saturated rings. The second-order valence-corrected chi connectivity index (χ2v) is 5.23. The molecule has 0 N–H and O–H groups in total. The van der Waals surface area contributed by atoms with E-state index in [2.05, 4.69) is 0 Å². The van der Waals surface area contributed by atoms with Gasteiger partial charge in [0.15, 0.2) is 0 Å². The summed E-state index contributed by atoms with van der Waals surface area (Å²) in [6.07, 6.45) is 2.94. The van der Waals surface area contributed by atoms with Crippen LogP contribution >= 0.6 is 0 Å². The van der Waals surface area contributed by atoms with Crippen LogP contribution in [0.3, 0.4) is 0 Å². The van der Waals surface area contributed by atoms with Gasteiger partial charge in [-0.3, -0.25) is 4.18 Å². The summed E-state index contributed by atoms with van der Waals surface area (Å²) in [5.74, 6) is 0.753. The summed E-state index contributed by atoms with van der Waals surface area (Å²) in [6, 6.07) is 5.66. The van der Waals surface area contributed by atoms with Crippen LogP contribution in [0.5, 0.6) is 5.75 Å². The Morgan fingerprint density at radius 1 is 1.31 bits per heavy atom. The maximum Gasteiger partial charge on any atom is 0.264 e. The molecule has 0 unspecified atom stereocenters. The van der Waals surface area contributed by atoms with E-state index < -0.39 is 10.1 Å². The van der Waals surface area contributed by atoms with Gasteiger partial charge in [-0.2, -0.15) is 8.42 Å². The topological polar surface area (TPSA) is 52.6 Å². The lowest BCUT2D eigenvalue weighted by atomic mass is 9.89. The minimum atomic E-state index is -3.39. The molecular weight excluding hydrogens is 228 g/mol. The van der Waals surface area contributed by atoms with Crippen LogP contribution in [0.4, 0.5) is 0 Å². The van der Waals surface area contributed by atoms with Gasteiger partial charge in [0.1, 0.15) is 5.75 Å². The molecule has 0 amide bonds. The maximum absolute atomic E-state index is 10.8. The highest BCUT2D eigenvalue weighted by molar-refractivity contribution is 7.86. The van der Waals surface area contributed by atoms with Gasteiger partial charge in [0.2, 0.25) is 0 Å². The van der Waals surface area contributed by atoms with Gasteiger partial charge in [-0.25, -0.2) is 0 Å². The number of methoxy groups -OCH3 is 1. The average Bonchev–Trinajstić information content (AvgIpc) is 2.18. The third-order valence-electron chi connectivity index (χ3n) is 2.36. The van der Waals surface area contributed by atoms with Crippen molar-refractivity contribution < 1.29 is 17.3 Å². The van der Waals surface area contributed by atoms with Crippen molar-refractivity contribution in [3.05, 3.63) is 29.3 Å². The molecule has 1 aliphatic carbocycles. The lowest BCUT2D eigenvalue weighted by Gasteiger charge is -2.20. The van der Waals surface area contributed by atoms with E-state index in [-0.39, 0.29) is 6.61 Å². The molecule has 0 spiro atoms. The Kier molecular flexibility index (Phi) is 2.73. The number of rotatable bonds is 4. The van der Waals surface area contributed by atoms with Crippen molar-refractivity contribution >= 4 is 21.8 Å². The summed E-state index contributed by atoms with van der Waals surface area (Å²) in [6.45, 7) is 0.0823. The predicted molar refractivity (Wildman–Crippen MR) is 61.7 cm³/mol. The Labute approximate surface area is 94.6 Å². The van der Waals surface area contributed by atoms with E-state index >= 15 is 0 Å². The molecule has 0 atom stereocenters. The molecule has 16 heavy (non-hydrogen) atoms. The Bertz CT molecular complexity index is 543. The van der Waals surface area contributed by atoms with Crippen LogP contribution in [-0.2, 0) is 14.3 Å². The molecule has 0 bridgehead atoms. The molecule has 2 rings (SSSR count). The molecule has 1 aromatic carbocycles. The standard InChI is InChI=1S/C11H12O4S/c1-14-10-4-3-8-5-9(11(8)6-10)7-15-16(2,12)13/h3-6H,7H2,1-2H3.